The van der Waals surface area contributed by atoms with E-state index >= 15 is 0 Å². The minimum atomic E-state index is 0. The van der Waals surface area contributed by atoms with Crippen molar-refractivity contribution in [3.05, 3.63) is 81.6 Å². The number of hydrogen-bond acceptors (Lipinski definition) is 3. The van der Waals surface area contributed by atoms with Crippen LogP contribution in [0.3, 0.4) is 0 Å². The predicted octanol–water partition coefficient (Wildman–Crippen LogP) is 3.26. The molecule has 2 heterocycles. The molecule has 1 N–H and O–H groups in total. The van der Waals surface area contributed by atoms with Gasteiger partial charge in [-0.25, -0.2) is 0 Å². The summed E-state index contributed by atoms with van der Waals surface area (Å²) in [6.45, 7) is 29.5. The van der Waals surface area contributed by atoms with Gasteiger partial charge in [-0.05, 0) is 105 Å². The Morgan fingerprint density at radius 1 is 0.649 bits per heavy atom. The van der Waals surface area contributed by atoms with Gasteiger partial charge in [-0.3, -0.25) is 9.80 Å². The first-order chi connectivity index (χ1) is 16.6. The largest absolute Gasteiger partial charge is 1.00 e. The van der Waals surface area contributed by atoms with Crippen LogP contribution in [0.15, 0.2) is 48.2 Å². The van der Waals surface area contributed by atoms with E-state index < -0.39 is 0 Å². The zero-order valence-electron chi connectivity index (χ0n) is 25.1. The molecule has 2 aliphatic rings. The second-order valence-electron chi connectivity index (χ2n) is 13.1. The number of nitrogens with zero attached hydrogens (tertiary/aromatic N) is 3. The highest BCUT2D eigenvalue weighted by atomic mass is 35.5. The Morgan fingerprint density at radius 2 is 1.03 bits per heavy atom. The van der Waals surface area contributed by atoms with E-state index in [4.69, 9.17) is 0 Å². The van der Waals surface area contributed by atoms with Crippen molar-refractivity contribution in [1.29, 1.82) is 0 Å². The summed E-state index contributed by atoms with van der Waals surface area (Å²) < 4.78 is 0. The van der Waals surface area contributed by atoms with Crippen LogP contribution in [0.5, 0.6) is 0 Å². The first kappa shape index (κ1) is 29.1. The maximum atomic E-state index is 2.65. The minimum Gasteiger partial charge on any atom is -1.00 e. The average molecular weight is 523 g/mol. The summed E-state index contributed by atoms with van der Waals surface area (Å²) in [7, 11) is 0. The molecule has 0 aliphatic carbocycles. The normalized spacial score (nSPS) is 18.3. The zero-order valence-corrected chi connectivity index (χ0v) is 25.9. The Kier molecular flexibility index (Phi) is 7.90. The van der Waals surface area contributed by atoms with Crippen LogP contribution in [0.1, 0.15) is 74.9 Å². The van der Waals surface area contributed by atoms with Gasteiger partial charge in [0.1, 0.15) is 18.1 Å². The molecule has 1 unspecified atom stereocenters. The summed E-state index contributed by atoms with van der Waals surface area (Å²) in [4.78, 5) is 9.17. The van der Waals surface area contributed by atoms with Gasteiger partial charge < -0.3 is 22.2 Å². The Bertz CT molecular complexity index is 1130. The van der Waals surface area contributed by atoms with Crippen LogP contribution in [0.2, 0.25) is 0 Å². The van der Waals surface area contributed by atoms with Crippen LogP contribution in [-0.4, -0.2) is 29.2 Å². The molecule has 1 fully saturated rings. The summed E-state index contributed by atoms with van der Waals surface area (Å²) in [5.74, 6) is 1.27. The lowest BCUT2D eigenvalue weighted by atomic mass is 10.0. The average Bonchev–Trinajstić information content (AvgIpc) is 3.31. The summed E-state index contributed by atoms with van der Waals surface area (Å²) >= 11 is 0. The summed E-state index contributed by atoms with van der Waals surface area (Å²) in [5, 5.41) is 0. The molecule has 5 heteroatoms. The Morgan fingerprint density at radius 3 is 1.35 bits per heavy atom. The van der Waals surface area contributed by atoms with Crippen molar-refractivity contribution >= 4 is 11.4 Å². The number of halogens is 1. The van der Waals surface area contributed by atoms with Crippen molar-refractivity contribution in [2.45, 2.75) is 94.2 Å². The van der Waals surface area contributed by atoms with E-state index in [-0.39, 0.29) is 23.5 Å². The third-order valence-corrected chi connectivity index (χ3v) is 7.76. The van der Waals surface area contributed by atoms with E-state index in [1.165, 1.54) is 56.3 Å². The number of rotatable bonds is 2. The third-order valence-electron chi connectivity index (χ3n) is 7.76. The molecule has 0 saturated carbocycles. The second kappa shape index (κ2) is 10.0. The summed E-state index contributed by atoms with van der Waals surface area (Å²) in [6.07, 6.45) is 4.56. The number of benzene rings is 2. The highest BCUT2D eigenvalue weighted by molar-refractivity contribution is 5.76. The van der Waals surface area contributed by atoms with Crippen LogP contribution >= 0.6 is 0 Å². The van der Waals surface area contributed by atoms with Gasteiger partial charge in [-0.1, -0.05) is 35.4 Å². The molecule has 0 amide bonds. The van der Waals surface area contributed by atoms with Gasteiger partial charge in [0.25, 0.3) is 0 Å². The lowest BCUT2D eigenvalue weighted by Gasteiger charge is -2.37. The molecule has 0 bridgehead atoms. The Hall–Kier alpha value is -2.43. The smallest absolute Gasteiger partial charge is 0.154 e. The maximum Gasteiger partial charge on any atom is 0.154 e. The topological polar surface area (TPSA) is 14.2 Å². The van der Waals surface area contributed by atoms with E-state index in [0.29, 0.717) is 0 Å². The van der Waals surface area contributed by atoms with Crippen LogP contribution in [0, 0.1) is 41.5 Å². The molecule has 2 aliphatic heterocycles. The van der Waals surface area contributed by atoms with Crippen LogP contribution in [-0.2, 0) is 0 Å². The van der Waals surface area contributed by atoms with Crippen LogP contribution in [0.4, 0.5) is 11.4 Å². The number of aryl methyl sites for hydroxylation is 6. The minimum absolute atomic E-state index is 0. The molecule has 0 radical (unpaired) electrons. The molecule has 2 aromatic carbocycles. The number of anilines is 2. The SMILES string of the molecule is Cc1cc(C)c(N2C=CN(c3c(C)cc(C)cc3C)C2=C2C[NH+](C(C)(C)C)CN2C(C)(C)C)c(C)c1.[Cl-]. The maximum absolute atomic E-state index is 2.65. The predicted molar refractivity (Wildman–Crippen MR) is 154 cm³/mol. The van der Waals surface area contributed by atoms with Crippen molar-refractivity contribution in [2.24, 2.45) is 0 Å². The molecule has 1 atom stereocenters. The number of nitrogens with one attached hydrogen (secondary N) is 1. The van der Waals surface area contributed by atoms with Gasteiger partial charge in [0.15, 0.2) is 6.67 Å². The molecule has 202 valence electrons. The van der Waals surface area contributed by atoms with E-state index in [2.05, 4.69) is 134 Å². The molecular formula is C32H47ClN4. The van der Waals surface area contributed by atoms with Gasteiger partial charge in [0, 0.05) is 17.9 Å². The summed E-state index contributed by atoms with van der Waals surface area (Å²) in [5.41, 5.74) is 12.1. The zero-order chi connectivity index (χ0) is 26.7. The highest BCUT2D eigenvalue weighted by Crippen LogP contribution is 2.41. The third kappa shape index (κ3) is 5.42. The van der Waals surface area contributed by atoms with Crippen molar-refractivity contribution in [3.63, 3.8) is 0 Å². The monoisotopic (exact) mass is 522 g/mol. The number of quaternary nitrogens is 1. The van der Waals surface area contributed by atoms with Crippen LogP contribution < -0.4 is 27.1 Å². The second-order valence-corrected chi connectivity index (χ2v) is 13.1. The molecule has 0 spiro atoms. The fourth-order valence-electron chi connectivity index (χ4n) is 6.12. The van der Waals surface area contributed by atoms with E-state index in [1.54, 1.807) is 4.90 Å². The highest BCUT2D eigenvalue weighted by Gasteiger charge is 2.44. The first-order valence-electron chi connectivity index (χ1n) is 13.4. The van der Waals surface area contributed by atoms with E-state index in [0.717, 1.165) is 13.2 Å². The molecule has 1 saturated heterocycles. The number of hydrogen-bond donors (Lipinski definition) is 1. The first-order valence-corrected chi connectivity index (χ1v) is 13.4. The molecule has 2 aromatic rings. The van der Waals surface area contributed by atoms with Gasteiger partial charge in [0.2, 0.25) is 0 Å². The van der Waals surface area contributed by atoms with Gasteiger partial charge in [0.05, 0.1) is 16.9 Å². The van der Waals surface area contributed by atoms with Crippen molar-refractivity contribution < 1.29 is 17.3 Å². The molecule has 4 rings (SSSR count). The van der Waals surface area contributed by atoms with Gasteiger partial charge >= 0.3 is 0 Å². The molecular weight excluding hydrogens is 476 g/mol. The Labute approximate surface area is 232 Å². The van der Waals surface area contributed by atoms with Crippen molar-refractivity contribution in [3.8, 4) is 0 Å². The lowest BCUT2D eigenvalue weighted by Crippen LogP contribution is -3.17. The molecule has 0 aromatic heterocycles. The quantitative estimate of drug-likeness (QED) is 0.651. The van der Waals surface area contributed by atoms with Gasteiger partial charge in [-0.15, -0.1) is 0 Å². The standard InChI is InChI=1S/C32H46N4.ClH/c1-21-15-23(3)28(24(4)16-21)34-13-14-35(29-25(5)17-22(2)18-26(29)6)30(34)27-19-33(31(7,8)9)20-36(27)32(10,11)12;/h13-18H,19-20H2,1-12H3;1H. The molecule has 4 nitrogen and oxygen atoms in total. The fourth-order valence-corrected chi connectivity index (χ4v) is 6.12. The van der Waals surface area contributed by atoms with Gasteiger partial charge in [-0.2, -0.15) is 0 Å². The lowest BCUT2D eigenvalue weighted by molar-refractivity contribution is -0.938. The fraction of sp³-hybridized carbons (Fsp3) is 0.500. The summed E-state index contributed by atoms with van der Waals surface area (Å²) in [6, 6.07) is 9.25. The molecule has 37 heavy (non-hydrogen) atoms. The van der Waals surface area contributed by atoms with E-state index in [9.17, 15) is 0 Å². The van der Waals surface area contributed by atoms with Crippen molar-refractivity contribution in [1.82, 2.24) is 4.90 Å². The van der Waals surface area contributed by atoms with Crippen molar-refractivity contribution in [2.75, 3.05) is 23.0 Å². The Balaban J connectivity index is 0.00000380. The van der Waals surface area contributed by atoms with Crippen LogP contribution in [0.25, 0.3) is 0 Å². The van der Waals surface area contributed by atoms with E-state index in [1.807, 2.05) is 0 Å².